The van der Waals surface area contributed by atoms with Gasteiger partial charge in [0, 0.05) is 0 Å². The second-order valence-corrected chi connectivity index (χ2v) is 12.1. The third kappa shape index (κ3) is 9.75. The summed E-state index contributed by atoms with van der Waals surface area (Å²) in [6.45, 7) is 1.32. The SMILES string of the molecule is COc1ccccc1OC1O[C@H](COCc2ccccc2)[C@@H](OCc2ccccc2)[C@H](OCc2ccccc2)C(OCc2ccccc2)=C1Cl. The highest BCUT2D eigenvalue weighted by atomic mass is 35.5. The minimum Gasteiger partial charge on any atom is -0.493 e. The summed E-state index contributed by atoms with van der Waals surface area (Å²) in [5.74, 6) is 1.34. The van der Waals surface area contributed by atoms with E-state index in [1.54, 1.807) is 13.2 Å². The van der Waals surface area contributed by atoms with Crippen molar-refractivity contribution in [1.29, 1.82) is 0 Å². The summed E-state index contributed by atoms with van der Waals surface area (Å²) < 4.78 is 45.3. The molecule has 1 aliphatic heterocycles. The third-order valence-electron chi connectivity index (χ3n) is 8.16. The van der Waals surface area contributed by atoms with Gasteiger partial charge < -0.3 is 33.2 Å². The number of rotatable bonds is 16. The van der Waals surface area contributed by atoms with Gasteiger partial charge in [0.2, 0.25) is 6.29 Å². The molecule has 8 heteroatoms. The highest BCUT2D eigenvalue weighted by Crippen LogP contribution is 2.37. The minimum absolute atomic E-state index is 0.154. The molecular formula is C42H41ClO7. The standard InChI is InChI=1S/C42H41ClO7/c1-44-35-24-14-15-25-36(35)49-42-38(43)40(47-28-33-20-10-4-11-21-33)41(48-29-34-22-12-5-13-23-34)39(46-27-32-18-8-3-9-19-32)37(50-42)30-45-26-31-16-6-2-7-17-31/h2-25,37,39,41-42H,26-30H2,1H3/t37-,39-,41+,42?/m1/s1. The summed E-state index contributed by atoms with van der Waals surface area (Å²) in [5, 5.41) is 0.198. The Hall–Kier alpha value is -4.63. The lowest BCUT2D eigenvalue weighted by molar-refractivity contribution is -0.189. The first-order valence-electron chi connectivity index (χ1n) is 16.6. The quantitative estimate of drug-likeness (QED) is 0.102. The van der Waals surface area contributed by atoms with Gasteiger partial charge in [-0.1, -0.05) is 145 Å². The molecule has 0 amide bonds. The van der Waals surface area contributed by atoms with Crippen molar-refractivity contribution in [1.82, 2.24) is 0 Å². The van der Waals surface area contributed by atoms with Crippen LogP contribution in [-0.2, 0) is 50.1 Å². The maximum Gasteiger partial charge on any atom is 0.241 e. The molecule has 258 valence electrons. The lowest BCUT2D eigenvalue weighted by Gasteiger charge is -2.32. The van der Waals surface area contributed by atoms with E-state index in [4.69, 9.17) is 44.8 Å². The van der Waals surface area contributed by atoms with Gasteiger partial charge in [-0.25, -0.2) is 0 Å². The molecule has 0 saturated carbocycles. The fourth-order valence-corrected chi connectivity index (χ4v) is 5.84. The summed E-state index contributed by atoms with van der Waals surface area (Å²) in [7, 11) is 1.59. The number of para-hydroxylation sites is 2. The fourth-order valence-electron chi connectivity index (χ4n) is 5.58. The molecule has 1 heterocycles. The number of ether oxygens (including phenoxy) is 7. The molecular weight excluding hydrogens is 652 g/mol. The number of methoxy groups -OCH3 is 1. The van der Waals surface area contributed by atoms with Gasteiger partial charge in [-0.15, -0.1) is 0 Å². The van der Waals surface area contributed by atoms with E-state index in [1.807, 2.05) is 140 Å². The molecule has 0 bridgehead atoms. The third-order valence-corrected chi connectivity index (χ3v) is 8.52. The van der Waals surface area contributed by atoms with E-state index in [0.29, 0.717) is 23.9 Å². The van der Waals surface area contributed by atoms with Crippen LogP contribution < -0.4 is 9.47 Å². The maximum atomic E-state index is 7.31. The Morgan fingerprint density at radius 3 is 1.60 bits per heavy atom. The van der Waals surface area contributed by atoms with Gasteiger partial charge in [-0.2, -0.15) is 0 Å². The number of hydrogen-bond donors (Lipinski definition) is 0. The topological polar surface area (TPSA) is 64.6 Å². The smallest absolute Gasteiger partial charge is 0.241 e. The van der Waals surface area contributed by atoms with Crippen LogP contribution in [0.15, 0.2) is 156 Å². The van der Waals surface area contributed by atoms with Gasteiger partial charge in [0.25, 0.3) is 0 Å². The second-order valence-electron chi connectivity index (χ2n) is 11.7. The zero-order valence-corrected chi connectivity index (χ0v) is 28.7. The fraction of sp³-hybridized carbons (Fsp3) is 0.238. The molecule has 0 radical (unpaired) electrons. The minimum atomic E-state index is -1.10. The van der Waals surface area contributed by atoms with Gasteiger partial charge in [0.1, 0.15) is 35.7 Å². The number of hydrogen-bond acceptors (Lipinski definition) is 7. The maximum absolute atomic E-state index is 7.31. The zero-order valence-electron chi connectivity index (χ0n) is 27.9. The van der Waals surface area contributed by atoms with Crippen LogP contribution in [0, 0.1) is 0 Å². The van der Waals surface area contributed by atoms with Crippen LogP contribution in [0.2, 0.25) is 0 Å². The zero-order chi connectivity index (χ0) is 34.4. The monoisotopic (exact) mass is 692 g/mol. The first-order chi connectivity index (χ1) is 24.7. The van der Waals surface area contributed by atoms with Crippen molar-refractivity contribution in [3.63, 3.8) is 0 Å². The Morgan fingerprint density at radius 2 is 1.04 bits per heavy atom. The van der Waals surface area contributed by atoms with Crippen LogP contribution in [0.5, 0.6) is 11.5 Å². The Kier molecular flexibility index (Phi) is 12.9. The van der Waals surface area contributed by atoms with Crippen LogP contribution in [-0.4, -0.2) is 38.3 Å². The van der Waals surface area contributed by atoms with Crippen molar-refractivity contribution < 1.29 is 33.2 Å². The molecule has 6 rings (SSSR count). The van der Waals surface area contributed by atoms with E-state index >= 15 is 0 Å². The Balaban J connectivity index is 1.39. The molecule has 5 aromatic rings. The molecule has 0 saturated heterocycles. The molecule has 0 aliphatic carbocycles. The van der Waals surface area contributed by atoms with Gasteiger partial charge in [0.05, 0.1) is 33.5 Å². The van der Waals surface area contributed by atoms with Crippen molar-refractivity contribution in [2.24, 2.45) is 0 Å². The van der Waals surface area contributed by atoms with Crippen molar-refractivity contribution in [2.75, 3.05) is 13.7 Å². The second kappa shape index (κ2) is 18.4. The highest BCUT2D eigenvalue weighted by molar-refractivity contribution is 6.30. The molecule has 0 fully saturated rings. The van der Waals surface area contributed by atoms with Crippen LogP contribution >= 0.6 is 11.6 Å². The number of benzene rings is 5. The molecule has 0 aromatic heterocycles. The van der Waals surface area contributed by atoms with Crippen molar-refractivity contribution in [3.05, 3.63) is 179 Å². The lowest BCUT2D eigenvalue weighted by atomic mass is 10.1. The van der Waals surface area contributed by atoms with Crippen LogP contribution in [0.4, 0.5) is 0 Å². The summed E-state index contributed by atoms with van der Waals surface area (Å²) in [4.78, 5) is 0. The molecule has 0 spiro atoms. The average Bonchev–Trinajstić information content (AvgIpc) is 3.27. The molecule has 1 aliphatic rings. The first kappa shape index (κ1) is 35.2. The predicted octanol–water partition coefficient (Wildman–Crippen LogP) is 8.85. The molecule has 4 atom stereocenters. The van der Waals surface area contributed by atoms with E-state index in [1.165, 1.54) is 0 Å². The first-order valence-corrected chi connectivity index (χ1v) is 17.0. The van der Waals surface area contributed by atoms with E-state index in [-0.39, 0.29) is 31.5 Å². The normalized spacial score (nSPS) is 19.1. The summed E-state index contributed by atoms with van der Waals surface area (Å²) in [6.07, 6.45) is -3.32. The van der Waals surface area contributed by atoms with Crippen molar-refractivity contribution >= 4 is 11.6 Å². The summed E-state index contributed by atoms with van der Waals surface area (Å²) >= 11 is 7.31. The average molecular weight is 693 g/mol. The Morgan fingerprint density at radius 1 is 0.560 bits per heavy atom. The van der Waals surface area contributed by atoms with Crippen molar-refractivity contribution in [2.45, 2.75) is 51.0 Å². The van der Waals surface area contributed by atoms with E-state index in [2.05, 4.69) is 0 Å². The molecule has 50 heavy (non-hydrogen) atoms. The summed E-state index contributed by atoms with van der Waals surface area (Å²) in [6, 6.07) is 47.1. The predicted molar refractivity (Wildman–Crippen MR) is 193 cm³/mol. The molecule has 0 N–H and O–H groups in total. The number of halogens is 1. The molecule has 5 aromatic carbocycles. The highest BCUT2D eigenvalue weighted by Gasteiger charge is 2.44. The van der Waals surface area contributed by atoms with Crippen LogP contribution in [0.1, 0.15) is 22.3 Å². The van der Waals surface area contributed by atoms with E-state index < -0.39 is 24.6 Å². The van der Waals surface area contributed by atoms with Gasteiger partial charge >= 0.3 is 0 Å². The Bertz CT molecular complexity index is 1750. The van der Waals surface area contributed by atoms with Gasteiger partial charge in [0.15, 0.2) is 11.5 Å². The van der Waals surface area contributed by atoms with Crippen molar-refractivity contribution in [3.8, 4) is 11.5 Å². The van der Waals surface area contributed by atoms with Crippen LogP contribution in [0.3, 0.4) is 0 Å². The largest absolute Gasteiger partial charge is 0.493 e. The molecule has 1 unspecified atom stereocenters. The van der Waals surface area contributed by atoms with E-state index in [0.717, 1.165) is 22.3 Å². The Labute approximate surface area is 298 Å². The van der Waals surface area contributed by atoms with Crippen LogP contribution in [0.25, 0.3) is 0 Å². The van der Waals surface area contributed by atoms with Gasteiger partial charge in [-0.3, -0.25) is 0 Å². The lowest BCUT2D eigenvalue weighted by Crippen LogP contribution is -2.46. The van der Waals surface area contributed by atoms with E-state index in [9.17, 15) is 0 Å². The summed E-state index contributed by atoms with van der Waals surface area (Å²) in [5.41, 5.74) is 3.97. The van der Waals surface area contributed by atoms with Gasteiger partial charge in [-0.05, 0) is 34.4 Å². The molecule has 7 nitrogen and oxygen atoms in total.